The molecule has 1 aromatic heterocycles. The van der Waals surface area contributed by atoms with Crippen LogP contribution < -0.4 is 14.8 Å². The van der Waals surface area contributed by atoms with Crippen LogP contribution in [0.3, 0.4) is 0 Å². The Morgan fingerprint density at radius 3 is 2.48 bits per heavy atom. The number of rotatable bonds is 7. The standard InChI is InChI=1S/C20H24N2O3/c1-15(23)21-13-12-16-6-8-18(9-7-16)25-20-11-10-19(14-22-20)24-17-4-2-3-5-17/h6-11,14,17H,2-5,12-13H2,1H3,(H,21,23). The summed E-state index contributed by atoms with van der Waals surface area (Å²) in [6.07, 6.45) is 7.61. The van der Waals surface area contributed by atoms with Crippen molar-refractivity contribution in [2.75, 3.05) is 6.54 Å². The molecule has 3 rings (SSSR count). The molecule has 1 aliphatic carbocycles. The molecule has 1 aromatic carbocycles. The number of ether oxygens (including phenoxy) is 2. The summed E-state index contributed by atoms with van der Waals surface area (Å²) in [6.45, 7) is 2.16. The molecule has 5 nitrogen and oxygen atoms in total. The summed E-state index contributed by atoms with van der Waals surface area (Å²) >= 11 is 0. The molecule has 25 heavy (non-hydrogen) atoms. The molecule has 1 N–H and O–H groups in total. The number of amides is 1. The quantitative estimate of drug-likeness (QED) is 0.831. The number of nitrogens with zero attached hydrogens (tertiary/aromatic N) is 1. The van der Waals surface area contributed by atoms with Gasteiger partial charge in [-0.3, -0.25) is 4.79 Å². The van der Waals surface area contributed by atoms with Crippen LogP contribution in [0, 0.1) is 0 Å². The number of benzene rings is 1. The molecule has 1 heterocycles. The van der Waals surface area contributed by atoms with Crippen LogP contribution in [0.25, 0.3) is 0 Å². The first kappa shape index (κ1) is 17.3. The van der Waals surface area contributed by atoms with Gasteiger partial charge in [-0.05, 0) is 55.9 Å². The lowest BCUT2D eigenvalue weighted by Gasteiger charge is -2.13. The number of hydrogen-bond donors (Lipinski definition) is 1. The number of aromatic nitrogens is 1. The zero-order valence-electron chi connectivity index (χ0n) is 14.5. The molecule has 5 heteroatoms. The molecule has 1 aliphatic rings. The summed E-state index contributed by atoms with van der Waals surface area (Å²) < 4.78 is 11.7. The molecule has 0 unspecified atom stereocenters. The maximum Gasteiger partial charge on any atom is 0.219 e. The highest BCUT2D eigenvalue weighted by Gasteiger charge is 2.16. The second-order valence-electron chi connectivity index (χ2n) is 6.34. The number of pyridine rings is 1. The topological polar surface area (TPSA) is 60.5 Å². The van der Waals surface area contributed by atoms with Gasteiger partial charge in [0.25, 0.3) is 0 Å². The second kappa shape index (κ2) is 8.51. The first-order valence-electron chi connectivity index (χ1n) is 8.83. The SMILES string of the molecule is CC(=O)NCCc1ccc(Oc2ccc(OC3CCCC3)cn2)cc1. The molecule has 132 valence electrons. The Balaban J connectivity index is 1.50. The van der Waals surface area contributed by atoms with Crippen molar-refractivity contribution in [1.82, 2.24) is 10.3 Å². The van der Waals surface area contributed by atoms with E-state index >= 15 is 0 Å². The second-order valence-corrected chi connectivity index (χ2v) is 6.34. The van der Waals surface area contributed by atoms with Crippen molar-refractivity contribution < 1.29 is 14.3 Å². The Morgan fingerprint density at radius 2 is 1.84 bits per heavy atom. The molecule has 1 saturated carbocycles. The summed E-state index contributed by atoms with van der Waals surface area (Å²) in [4.78, 5) is 15.2. The number of nitrogens with one attached hydrogen (secondary N) is 1. The Hall–Kier alpha value is -2.56. The van der Waals surface area contributed by atoms with Crippen molar-refractivity contribution in [3.8, 4) is 17.4 Å². The number of hydrogen-bond acceptors (Lipinski definition) is 4. The highest BCUT2D eigenvalue weighted by atomic mass is 16.5. The number of carbonyl (C=O) groups is 1. The lowest BCUT2D eigenvalue weighted by molar-refractivity contribution is -0.118. The van der Waals surface area contributed by atoms with Crippen LogP contribution in [0.15, 0.2) is 42.6 Å². The third kappa shape index (κ3) is 5.48. The molecule has 2 aromatic rings. The van der Waals surface area contributed by atoms with E-state index in [1.165, 1.54) is 19.8 Å². The van der Waals surface area contributed by atoms with Gasteiger partial charge >= 0.3 is 0 Å². The molecule has 0 bridgehead atoms. The Morgan fingerprint density at radius 1 is 1.12 bits per heavy atom. The summed E-state index contributed by atoms with van der Waals surface area (Å²) in [7, 11) is 0. The van der Waals surface area contributed by atoms with Crippen LogP contribution in [-0.2, 0) is 11.2 Å². The van der Waals surface area contributed by atoms with Gasteiger partial charge < -0.3 is 14.8 Å². The number of carbonyl (C=O) groups excluding carboxylic acids is 1. The monoisotopic (exact) mass is 340 g/mol. The largest absolute Gasteiger partial charge is 0.489 e. The summed E-state index contributed by atoms with van der Waals surface area (Å²) in [5.74, 6) is 2.07. The van der Waals surface area contributed by atoms with E-state index in [2.05, 4.69) is 10.3 Å². The fraction of sp³-hybridized carbons (Fsp3) is 0.400. The fourth-order valence-corrected chi connectivity index (χ4v) is 2.92. The smallest absolute Gasteiger partial charge is 0.219 e. The zero-order chi connectivity index (χ0) is 17.5. The summed E-state index contributed by atoms with van der Waals surface area (Å²) in [5, 5.41) is 2.79. The minimum atomic E-state index is -0.00798. The van der Waals surface area contributed by atoms with E-state index in [9.17, 15) is 4.79 Å². The summed E-state index contributed by atoms with van der Waals surface area (Å²) in [5.41, 5.74) is 1.15. The molecular weight excluding hydrogens is 316 g/mol. The van der Waals surface area contributed by atoms with Crippen LogP contribution in [0.4, 0.5) is 0 Å². The van der Waals surface area contributed by atoms with Crippen LogP contribution in [0.2, 0.25) is 0 Å². The van der Waals surface area contributed by atoms with Crippen molar-refractivity contribution >= 4 is 5.91 Å². The summed E-state index contributed by atoms with van der Waals surface area (Å²) in [6, 6.07) is 11.5. The van der Waals surface area contributed by atoms with E-state index in [1.54, 1.807) is 6.20 Å². The molecule has 1 fully saturated rings. The first-order valence-corrected chi connectivity index (χ1v) is 8.83. The molecule has 0 radical (unpaired) electrons. The minimum absolute atomic E-state index is 0.00798. The van der Waals surface area contributed by atoms with E-state index in [0.29, 0.717) is 18.5 Å². The van der Waals surface area contributed by atoms with E-state index in [1.807, 2.05) is 36.4 Å². The molecule has 1 amide bonds. The Bertz CT molecular complexity index is 677. The minimum Gasteiger partial charge on any atom is -0.489 e. The van der Waals surface area contributed by atoms with Gasteiger partial charge in [0, 0.05) is 19.5 Å². The van der Waals surface area contributed by atoms with Crippen molar-refractivity contribution in [2.24, 2.45) is 0 Å². The van der Waals surface area contributed by atoms with E-state index in [-0.39, 0.29) is 5.91 Å². The Kier molecular flexibility index (Phi) is 5.88. The van der Waals surface area contributed by atoms with Gasteiger partial charge in [-0.15, -0.1) is 0 Å². The third-order valence-electron chi connectivity index (χ3n) is 4.25. The highest BCUT2D eigenvalue weighted by molar-refractivity contribution is 5.72. The molecule has 0 spiro atoms. The average molecular weight is 340 g/mol. The first-order chi connectivity index (χ1) is 12.2. The predicted molar refractivity (Wildman–Crippen MR) is 96.0 cm³/mol. The van der Waals surface area contributed by atoms with Crippen molar-refractivity contribution in [3.05, 3.63) is 48.2 Å². The van der Waals surface area contributed by atoms with Gasteiger partial charge in [-0.1, -0.05) is 12.1 Å². The van der Waals surface area contributed by atoms with E-state index in [4.69, 9.17) is 9.47 Å². The van der Waals surface area contributed by atoms with Gasteiger partial charge in [0.15, 0.2) is 0 Å². The van der Waals surface area contributed by atoms with Crippen LogP contribution >= 0.6 is 0 Å². The van der Waals surface area contributed by atoms with Crippen LogP contribution in [0.5, 0.6) is 17.4 Å². The van der Waals surface area contributed by atoms with Gasteiger partial charge in [-0.2, -0.15) is 0 Å². The zero-order valence-corrected chi connectivity index (χ0v) is 14.5. The van der Waals surface area contributed by atoms with Crippen LogP contribution in [0.1, 0.15) is 38.2 Å². The van der Waals surface area contributed by atoms with Gasteiger partial charge in [-0.25, -0.2) is 4.98 Å². The van der Waals surface area contributed by atoms with Gasteiger partial charge in [0.2, 0.25) is 11.8 Å². The highest BCUT2D eigenvalue weighted by Crippen LogP contribution is 2.26. The predicted octanol–water partition coefficient (Wildman–Crippen LogP) is 3.87. The molecule has 0 saturated heterocycles. The van der Waals surface area contributed by atoms with E-state index < -0.39 is 0 Å². The van der Waals surface area contributed by atoms with Gasteiger partial charge in [0.05, 0.1) is 12.3 Å². The fourth-order valence-electron chi connectivity index (χ4n) is 2.92. The van der Waals surface area contributed by atoms with Crippen molar-refractivity contribution in [1.29, 1.82) is 0 Å². The molecule has 0 aliphatic heterocycles. The van der Waals surface area contributed by atoms with Crippen LogP contribution in [-0.4, -0.2) is 23.5 Å². The Labute approximate surface area is 148 Å². The maximum absolute atomic E-state index is 10.9. The van der Waals surface area contributed by atoms with Crippen molar-refractivity contribution in [3.63, 3.8) is 0 Å². The lowest BCUT2D eigenvalue weighted by atomic mass is 10.1. The normalized spacial score (nSPS) is 14.3. The third-order valence-corrected chi connectivity index (χ3v) is 4.25. The molecular formula is C20H24N2O3. The maximum atomic E-state index is 10.9. The average Bonchev–Trinajstić information content (AvgIpc) is 3.11. The van der Waals surface area contributed by atoms with E-state index in [0.717, 1.165) is 36.3 Å². The molecule has 0 atom stereocenters. The van der Waals surface area contributed by atoms with Gasteiger partial charge in [0.1, 0.15) is 11.5 Å². The lowest BCUT2D eigenvalue weighted by Crippen LogP contribution is -2.22. The van der Waals surface area contributed by atoms with Crippen molar-refractivity contribution in [2.45, 2.75) is 45.1 Å².